The second-order valence-corrected chi connectivity index (χ2v) is 8.42. The Morgan fingerprint density at radius 2 is 2.08 bits per heavy atom. The summed E-state index contributed by atoms with van der Waals surface area (Å²) in [6.45, 7) is 3.27. The van der Waals surface area contributed by atoms with Gasteiger partial charge in [-0.05, 0) is 43.2 Å². The average Bonchev–Trinajstić information content (AvgIpc) is 2.81. The van der Waals surface area contributed by atoms with Crippen molar-refractivity contribution in [3.63, 3.8) is 0 Å². The first-order valence-electron chi connectivity index (χ1n) is 8.29. The predicted molar refractivity (Wildman–Crippen MR) is 94.4 cm³/mol. The number of rotatable bonds is 4. The van der Waals surface area contributed by atoms with Crippen molar-refractivity contribution in [1.82, 2.24) is 19.4 Å². The summed E-state index contributed by atoms with van der Waals surface area (Å²) in [5.74, 6) is -0.684. The Kier molecular flexibility index (Phi) is 5.10. The Morgan fingerprint density at radius 1 is 1.31 bits per heavy atom. The Hall–Kier alpha value is -2.26. The Balaban J connectivity index is 1.69. The number of halogens is 1. The number of carbonyl (C=O) groups excluding carboxylic acids is 1. The van der Waals surface area contributed by atoms with Gasteiger partial charge in [0, 0.05) is 18.7 Å². The van der Waals surface area contributed by atoms with Crippen molar-refractivity contribution in [1.29, 1.82) is 0 Å². The summed E-state index contributed by atoms with van der Waals surface area (Å²) < 4.78 is 40.0. The lowest BCUT2D eigenvalue weighted by Crippen LogP contribution is -2.29. The summed E-state index contributed by atoms with van der Waals surface area (Å²) >= 11 is 0. The highest BCUT2D eigenvalue weighted by Gasteiger charge is 2.23. The van der Waals surface area contributed by atoms with Gasteiger partial charge in [0.1, 0.15) is 5.82 Å². The van der Waals surface area contributed by atoms with Gasteiger partial charge in [0.15, 0.2) is 0 Å². The van der Waals surface area contributed by atoms with Crippen LogP contribution in [0.1, 0.15) is 33.7 Å². The summed E-state index contributed by atoms with van der Waals surface area (Å²) in [6, 6.07) is 5.82. The third-order valence-corrected chi connectivity index (χ3v) is 5.61. The first-order valence-corrected chi connectivity index (χ1v) is 10.1. The van der Waals surface area contributed by atoms with E-state index in [0.717, 1.165) is 5.69 Å². The normalized spacial score (nSPS) is 15.3. The number of aromatic nitrogens is 2. The smallest absolute Gasteiger partial charge is 0.251 e. The summed E-state index contributed by atoms with van der Waals surface area (Å²) in [5, 5.41) is 7.22. The van der Waals surface area contributed by atoms with Gasteiger partial charge in [-0.25, -0.2) is 12.8 Å². The van der Waals surface area contributed by atoms with Gasteiger partial charge >= 0.3 is 0 Å². The summed E-state index contributed by atoms with van der Waals surface area (Å²) in [6.07, 6.45) is 1.88. The third kappa shape index (κ3) is 4.10. The van der Waals surface area contributed by atoms with Crippen molar-refractivity contribution in [2.24, 2.45) is 0 Å². The molecule has 1 aliphatic rings. The zero-order valence-corrected chi connectivity index (χ0v) is 15.5. The number of hydrogen-bond acceptors (Lipinski definition) is 4. The molecule has 0 aliphatic carbocycles. The molecule has 1 aromatic carbocycles. The monoisotopic (exact) mass is 380 g/mol. The van der Waals surface area contributed by atoms with Crippen molar-refractivity contribution >= 4 is 15.9 Å². The van der Waals surface area contributed by atoms with Gasteiger partial charge in [-0.15, -0.1) is 0 Å². The molecule has 0 saturated carbocycles. The molecule has 0 bridgehead atoms. The molecular weight excluding hydrogens is 359 g/mol. The van der Waals surface area contributed by atoms with Crippen molar-refractivity contribution < 1.29 is 17.6 Å². The molecule has 9 heteroatoms. The maximum atomic E-state index is 13.2. The number of sulfonamides is 1. The molecule has 0 saturated heterocycles. The van der Waals surface area contributed by atoms with Crippen LogP contribution in [0.15, 0.2) is 24.3 Å². The van der Waals surface area contributed by atoms with Crippen LogP contribution in [0.4, 0.5) is 4.39 Å². The van der Waals surface area contributed by atoms with E-state index in [-0.39, 0.29) is 24.8 Å². The van der Waals surface area contributed by atoms with Crippen LogP contribution >= 0.6 is 0 Å². The SMILES string of the molecule is Cc1cc(F)ccc1C(=O)NCc1cc2n(n1)CCCN(S(C)(=O)=O)C2. The fourth-order valence-electron chi connectivity index (χ4n) is 3.01. The van der Waals surface area contributed by atoms with Gasteiger partial charge < -0.3 is 5.32 Å². The largest absolute Gasteiger partial charge is 0.346 e. The molecular formula is C17H21FN4O3S. The van der Waals surface area contributed by atoms with Crippen LogP contribution in [0, 0.1) is 12.7 Å². The maximum Gasteiger partial charge on any atom is 0.251 e. The van der Waals surface area contributed by atoms with Crippen LogP contribution in [0.5, 0.6) is 0 Å². The summed E-state index contributed by atoms with van der Waals surface area (Å²) in [7, 11) is -3.26. The van der Waals surface area contributed by atoms with Gasteiger partial charge in [0.05, 0.1) is 30.7 Å². The topological polar surface area (TPSA) is 84.3 Å². The fourth-order valence-corrected chi connectivity index (χ4v) is 3.84. The summed E-state index contributed by atoms with van der Waals surface area (Å²) in [4.78, 5) is 12.3. The molecule has 1 N–H and O–H groups in total. The number of amides is 1. The number of aryl methyl sites for hydroxylation is 2. The molecule has 2 heterocycles. The van der Waals surface area contributed by atoms with Gasteiger partial charge in [0.25, 0.3) is 5.91 Å². The molecule has 0 radical (unpaired) electrons. The number of nitrogens with one attached hydrogen (secondary N) is 1. The second-order valence-electron chi connectivity index (χ2n) is 6.44. The lowest BCUT2D eigenvalue weighted by molar-refractivity contribution is 0.0949. The van der Waals surface area contributed by atoms with E-state index in [2.05, 4.69) is 10.4 Å². The van der Waals surface area contributed by atoms with E-state index in [1.54, 1.807) is 17.7 Å². The standard InChI is InChI=1S/C17H21FN4O3S/c1-12-8-13(18)4-5-16(12)17(23)19-10-14-9-15-11-21(26(2,24)25)6-3-7-22(15)20-14/h4-5,8-9H,3,6-7,10-11H2,1-2H3,(H,19,23). The van der Waals surface area contributed by atoms with E-state index in [1.165, 1.54) is 28.8 Å². The van der Waals surface area contributed by atoms with Gasteiger partial charge in [-0.2, -0.15) is 9.40 Å². The predicted octanol–water partition coefficient (Wildman–Crippen LogP) is 1.43. The minimum atomic E-state index is -3.26. The average molecular weight is 380 g/mol. The number of fused-ring (bicyclic) bond motifs is 1. The van der Waals surface area contributed by atoms with E-state index in [4.69, 9.17) is 0 Å². The highest BCUT2D eigenvalue weighted by molar-refractivity contribution is 7.88. The molecule has 2 aromatic rings. The number of nitrogens with zero attached hydrogens (tertiary/aromatic N) is 3. The van der Waals surface area contributed by atoms with Crippen LogP contribution in [0.2, 0.25) is 0 Å². The first-order chi connectivity index (χ1) is 12.2. The minimum absolute atomic E-state index is 0.217. The molecule has 0 spiro atoms. The zero-order chi connectivity index (χ0) is 18.9. The first kappa shape index (κ1) is 18.5. The van der Waals surface area contributed by atoms with Gasteiger partial charge in [-0.3, -0.25) is 9.48 Å². The second kappa shape index (κ2) is 7.16. The maximum absolute atomic E-state index is 13.2. The molecule has 0 fully saturated rings. The van der Waals surface area contributed by atoms with Crippen LogP contribution < -0.4 is 5.32 Å². The van der Waals surface area contributed by atoms with Crippen molar-refractivity contribution in [3.05, 3.63) is 52.6 Å². The van der Waals surface area contributed by atoms with E-state index in [9.17, 15) is 17.6 Å². The van der Waals surface area contributed by atoms with Gasteiger partial charge in [-0.1, -0.05) is 0 Å². The molecule has 1 aromatic heterocycles. The highest BCUT2D eigenvalue weighted by Crippen LogP contribution is 2.16. The van der Waals surface area contributed by atoms with Crippen LogP contribution in [-0.4, -0.2) is 41.2 Å². The van der Waals surface area contributed by atoms with Crippen LogP contribution in [-0.2, 0) is 29.7 Å². The molecule has 1 aliphatic heterocycles. The number of carbonyl (C=O) groups is 1. The lowest BCUT2D eigenvalue weighted by Gasteiger charge is -2.16. The number of hydrogen-bond donors (Lipinski definition) is 1. The molecule has 26 heavy (non-hydrogen) atoms. The van der Waals surface area contributed by atoms with E-state index in [1.807, 2.05) is 0 Å². The number of benzene rings is 1. The molecule has 0 atom stereocenters. The minimum Gasteiger partial charge on any atom is -0.346 e. The lowest BCUT2D eigenvalue weighted by atomic mass is 10.1. The Bertz CT molecular complexity index is 939. The van der Waals surface area contributed by atoms with Crippen LogP contribution in [0.3, 0.4) is 0 Å². The molecule has 0 unspecified atom stereocenters. The van der Waals surface area contributed by atoms with Crippen molar-refractivity contribution in [2.45, 2.75) is 33.0 Å². The summed E-state index contributed by atoms with van der Waals surface area (Å²) in [5.41, 5.74) is 2.43. The van der Waals surface area contributed by atoms with Gasteiger partial charge in [0.2, 0.25) is 10.0 Å². The Morgan fingerprint density at radius 3 is 2.77 bits per heavy atom. The molecule has 3 rings (SSSR count). The quantitative estimate of drug-likeness (QED) is 0.870. The molecule has 140 valence electrons. The van der Waals surface area contributed by atoms with Crippen LogP contribution in [0.25, 0.3) is 0 Å². The van der Waals surface area contributed by atoms with E-state index in [0.29, 0.717) is 36.3 Å². The molecule has 7 nitrogen and oxygen atoms in total. The van der Waals surface area contributed by atoms with E-state index < -0.39 is 10.0 Å². The van der Waals surface area contributed by atoms with Crippen molar-refractivity contribution in [2.75, 3.05) is 12.8 Å². The van der Waals surface area contributed by atoms with Crippen molar-refractivity contribution in [3.8, 4) is 0 Å². The third-order valence-electron chi connectivity index (χ3n) is 4.36. The fraction of sp³-hybridized carbons (Fsp3) is 0.412. The molecule has 1 amide bonds. The Labute approximate surface area is 151 Å². The highest BCUT2D eigenvalue weighted by atomic mass is 32.2. The zero-order valence-electron chi connectivity index (χ0n) is 14.7. The van der Waals surface area contributed by atoms with E-state index >= 15 is 0 Å².